The summed E-state index contributed by atoms with van der Waals surface area (Å²) in [4.78, 5) is 10.8. The number of carboxylic acid groups (broad SMARTS) is 1. The lowest BCUT2D eigenvalue weighted by atomic mass is 9.83. The Labute approximate surface area is 82.0 Å². The third kappa shape index (κ3) is 1.45. The van der Waals surface area contributed by atoms with Gasteiger partial charge in [0, 0.05) is 0 Å². The molecule has 14 heavy (non-hydrogen) atoms. The van der Waals surface area contributed by atoms with Gasteiger partial charge in [-0.3, -0.25) is 4.79 Å². The number of carboxylic acids is 1. The minimum atomic E-state index is -0.765. The monoisotopic (exact) mass is 192 g/mol. The van der Waals surface area contributed by atoms with Gasteiger partial charge in [0.1, 0.15) is 5.75 Å². The number of aliphatic carboxylic acids is 1. The average Bonchev–Trinajstić information content (AvgIpc) is 2.18. The quantitative estimate of drug-likeness (QED) is 0.710. The first kappa shape index (κ1) is 9.06. The SMILES string of the molecule is O=C(O)[C@@H]1CCc2cccc(O)c2C1. The maximum atomic E-state index is 10.8. The summed E-state index contributed by atoms with van der Waals surface area (Å²) >= 11 is 0. The molecule has 0 radical (unpaired) electrons. The Kier molecular flexibility index (Phi) is 2.15. The number of phenolic OH excluding ortho intramolecular Hbond substituents is 1. The number of fused-ring (bicyclic) bond motifs is 1. The zero-order valence-corrected chi connectivity index (χ0v) is 7.73. The molecule has 2 rings (SSSR count). The molecule has 0 saturated heterocycles. The van der Waals surface area contributed by atoms with Crippen LogP contribution in [0.15, 0.2) is 18.2 Å². The first-order valence-electron chi connectivity index (χ1n) is 4.71. The van der Waals surface area contributed by atoms with Crippen LogP contribution in [-0.4, -0.2) is 16.2 Å². The van der Waals surface area contributed by atoms with Crippen LogP contribution in [0.5, 0.6) is 5.75 Å². The molecule has 74 valence electrons. The molecule has 1 aliphatic carbocycles. The number of phenols is 1. The Balaban J connectivity index is 2.33. The van der Waals surface area contributed by atoms with E-state index in [9.17, 15) is 9.90 Å². The number of rotatable bonds is 1. The first-order chi connectivity index (χ1) is 6.68. The van der Waals surface area contributed by atoms with Crippen LogP contribution in [-0.2, 0) is 17.6 Å². The summed E-state index contributed by atoms with van der Waals surface area (Å²) < 4.78 is 0. The van der Waals surface area contributed by atoms with E-state index in [2.05, 4.69) is 0 Å². The standard InChI is InChI=1S/C11H12O3/c12-10-3-1-2-7-4-5-8(11(13)14)6-9(7)10/h1-3,8,12H,4-6H2,(H,13,14)/t8-/m1/s1. The van der Waals surface area contributed by atoms with Gasteiger partial charge in [0.2, 0.25) is 0 Å². The van der Waals surface area contributed by atoms with Crippen molar-refractivity contribution in [1.82, 2.24) is 0 Å². The van der Waals surface area contributed by atoms with Crippen molar-refractivity contribution in [2.75, 3.05) is 0 Å². The van der Waals surface area contributed by atoms with E-state index in [-0.39, 0.29) is 11.7 Å². The predicted octanol–water partition coefficient (Wildman–Crippen LogP) is 1.58. The van der Waals surface area contributed by atoms with Crippen LogP contribution in [0.4, 0.5) is 0 Å². The van der Waals surface area contributed by atoms with Crippen LogP contribution in [0, 0.1) is 5.92 Å². The fourth-order valence-electron chi connectivity index (χ4n) is 1.98. The number of benzene rings is 1. The van der Waals surface area contributed by atoms with Gasteiger partial charge in [-0.25, -0.2) is 0 Å². The van der Waals surface area contributed by atoms with Crippen LogP contribution >= 0.6 is 0 Å². The molecule has 3 heteroatoms. The second-order valence-electron chi connectivity index (χ2n) is 3.69. The van der Waals surface area contributed by atoms with Gasteiger partial charge in [-0.2, -0.15) is 0 Å². The molecule has 0 unspecified atom stereocenters. The fourth-order valence-corrected chi connectivity index (χ4v) is 1.98. The zero-order chi connectivity index (χ0) is 10.1. The molecule has 0 amide bonds. The molecule has 1 aromatic carbocycles. The van der Waals surface area contributed by atoms with E-state index in [1.165, 1.54) is 0 Å². The van der Waals surface area contributed by atoms with Gasteiger partial charge in [0.25, 0.3) is 0 Å². The largest absolute Gasteiger partial charge is 0.508 e. The Bertz CT molecular complexity index is 371. The van der Waals surface area contributed by atoms with Crippen molar-refractivity contribution in [2.24, 2.45) is 5.92 Å². The van der Waals surface area contributed by atoms with Crippen molar-refractivity contribution in [3.05, 3.63) is 29.3 Å². The molecule has 1 atom stereocenters. The molecular formula is C11H12O3. The molecule has 0 aliphatic heterocycles. The molecule has 3 nitrogen and oxygen atoms in total. The average molecular weight is 192 g/mol. The third-order valence-corrected chi connectivity index (χ3v) is 2.81. The Morgan fingerprint density at radius 2 is 2.21 bits per heavy atom. The van der Waals surface area contributed by atoms with Gasteiger partial charge < -0.3 is 10.2 Å². The molecule has 0 heterocycles. The van der Waals surface area contributed by atoms with E-state index >= 15 is 0 Å². The van der Waals surface area contributed by atoms with E-state index < -0.39 is 5.97 Å². The molecule has 0 fully saturated rings. The van der Waals surface area contributed by atoms with Crippen molar-refractivity contribution in [3.8, 4) is 5.75 Å². The third-order valence-electron chi connectivity index (χ3n) is 2.81. The topological polar surface area (TPSA) is 57.5 Å². The number of hydrogen-bond acceptors (Lipinski definition) is 2. The number of hydrogen-bond donors (Lipinski definition) is 2. The number of aryl methyl sites for hydroxylation is 1. The van der Waals surface area contributed by atoms with Gasteiger partial charge in [-0.15, -0.1) is 0 Å². The van der Waals surface area contributed by atoms with Crippen LogP contribution in [0.3, 0.4) is 0 Å². The van der Waals surface area contributed by atoms with Crippen molar-refractivity contribution in [3.63, 3.8) is 0 Å². The van der Waals surface area contributed by atoms with Gasteiger partial charge in [-0.1, -0.05) is 12.1 Å². The van der Waals surface area contributed by atoms with Crippen molar-refractivity contribution < 1.29 is 15.0 Å². The van der Waals surface area contributed by atoms with Crippen LogP contribution in [0.2, 0.25) is 0 Å². The van der Waals surface area contributed by atoms with Gasteiger partial charge in [0.15, 0.2) is 0 Å². The van der Waals surface area contributed by atoms with E-state index in [0.29, 0.717) is 12.8 Å². The Morgan fingerprint density at radius 3 is 2.93 bits per heavy atom. The fraction of sp³-hybridized carbons (Fsp3) is 0.364. The maximum absolute atomic E-state index is 10.8. The summed E-state index contributed by atoms with van der Waals surface area (Å²) in [6, 6.07) is 5.37. The highest BCUT2D eigenvalue weighted by Gasteiger charge is 2.25. The lowest BCUT2D eigenvalue weighted by Crippen LogP contribution is -2.22. The minimum absolute atomic E-state index is 0.230. The number of carbonyl (C=O) groups is 1. The molecule has 0 aromatic heterocycles. The van der Waals surface area contributed by atoms with Crippen molar-refractivity contribution >= 4 is 5.97 Å². The highest BCUT2D eigenvalue weighted by atomic mass is 16.4. The lowest BCUT2D eigenvalue weighted by Gasteiger charge is -2.21. The van der Waals surface area contributed by atoms with E-state index in [0.717, 1.165) is 17.5 Å². The summed E-state index contributed by atoms with van der Waals surface area (Å²) in [6.45, 7) is 0. The number of aromatic hydroxyl groups is 1. The van der Waals surface area contributed by atoms with E-state index in [1.54, 1.807) is 12.1 Å². The van der Waals surface area contributed by atoms with Crippen molar-refractivity contribution in [2.45, 2.75) is 19.3 Å². The zero-order valence-electron chi connectivity index (χ0n) is 7.73. The van der Waals surface area contributed by atoms with Gasteiger partial charge in [0.05, 0.1) is 5.92 Å². The maximum Gasteiger partial charge on any atom is 0.306 e. The van der Waals surface area contributed by atoms with Gasteiger partial charge in [-0.05, 0) is 36.5 Å². The molecule has 1 aliphatic rings. The summed E-state index contributed by atoms with van der Waals surface area (Å²) in [6.07, 6.45) is 1.88. The van der Waals surface area contributed by atoms with E-state index in [1.807, 2.05) is 6.07 Å². The summed E-state index contributed by atoms with van der Waals surface area (Å²) in [5.74, 6) is -0.872. The smallest absolute Gasteiger partial charge is 0.306 e. The summed E-state index contributed by atoms with van der Waals surface area (Å²) in [7, 11) is 0. The lowest BCUT2D eigenvalue weighted by molar-refractivity contribution is -0.142. The highest BCUT2D eigenvalue weighted by Crippen LogP contribution is 2.31. The van der Waals surface area contributed by atoms with Crippen LogP contribution < -0.4 is 0 Å². The molecular weight excluding hydrogens is 180 g/mol. The van der Waals surface area contributed by atoms with Crippen LogP contribution in [0.25, 0.3) is 0 Å². The second kappa shape index (κ2) is 3.33. The normalized spacial score (nSPS) is 20.1. The minimum Gasteiger partial charge on any atom is -0.508 e. The molecule has 2 N–H and O–H groups in total. The molecule has 1 aromatic rings. The predicted molar refractivity (Wildman–Crippen MR) is 51.3 cm³/mol. The van der Waals surface area contributed by atoms with Gasteiger partial charge >= 0.3 is 5.97 Å². The van der Waals surface area contributed by atoms with Crippen LogP contribution in [0.1, 0.15) is 17.5 Å². The second-order valence-corrected chi connectivity index (χ2v) is 3.69. The molecule has 0 bridgehead atoms. The molecule has 0 spiro atoms. The first-order valence-corrected chi connectivity index (χ1v) is 4.71. The summed E-state index contributed by atoms with van der Waals surface area (Å²) in [5, 5.41) is 18.4. The Morgan fingerprint density at radius 1 is 1.43 bits per heavy atom. The summed E-state index contributed by atoms with van der Waals surface area (Å²) in [5.41, 5.74) is 1.90. The molecule has 0 saturated carbocycles. The highest BCUT2D eigenvalue weighted by molar-refractivity contribution is 5.71. The Hall–Kier alpha value is -1.51. The van der Waals surface area contributed by atoms with E-state index in [4.69, 9.17) is 5.11 Å². The van der Waals surface area contributed by atoms with Crippen molar-refractivity contribution in [1.29, 1.82) is 0 Å².